The second-order valence-electron chi connectivity index (χ2n) is 7.57. The number of benzene rings is 1. The summed E-state index contributed by atoms with van der Waals surface area (Å²) in [6.07, 6.45) is 0.653. The van der Waals surface area contributed by atoms with Crippen LogP contribution in [0.15, 0.2) is 35.3 Å². The van der Waals surface area contributed by atoms with Crippen LogP contribution >= 0.6 is 0 Å². The van der Waals surface area contributed by atoms with Gasteiger partial charge in [-0.25, -0.2) is 14.3 Å². The maximum atomic E-state index is 12.4. The number of carbonyl (C=O) groups excluding carboxylic acids is 1. The number of ether oxygens (including phenoxy) is 1. The molecule has 0 aliphatic carbocycles. The molecule has 3 N–H and O–H groups in total. The van der Waals surface area contributed by atoms with Gasteiger partial charge >= 0.3 is 12.1 Å². The molecular formula is C20H25N3O6. The van der Waals surface area contributed by atoms with Gasteiger partial charge < -0.3 is 20.3 Å². The van der Waals surface area contributed by atoms with Gasteiger partial charge in [-0.05, 0) is 31.9 Å². The number of nitrogens with zero attached hydrogens (tertiary/aromatic N) is 2. The maximum absolute atomic E-state index is 12.4. The van der Waals surface area contributed by atoms with Gasteiger partial charge in [-0.1, -0.05) is 24.3 Å². The van der Waals surface area contributed by atoms with E-state index in [4.69, 9.17) is 4.74 Å². The molecule has 0 radical (unpaired) electrons. The number of amides is 1. The first-order valence-corrected chi connectivity index (χ1v) is 8.99. The highest BCUT2D eigenvalue weighted by atomic mass is 16.6. The predicted octanol–water partition coefficient (Wildman–Crippen LogP) is 1.46. The lowest BCUT2D eigenvalue weighted by atomic mass is 9.99. The average Bonchev–Trinajstić information content (AvgIpc) is 2.62. The van der Waals surface area contributed by atoms with E-state index in [1.807, 2.05) is 0 Å². The van der Waals surface area contributed by atoms with Gasteiger partial charge in [0.05, 0.1) is 18.4 Å². The summed E-state index contributed by atoms with van der Waals surface area (Å²) >= 11 is 0. The number of carboxylic acid groups (broad SMARTS) is 1. The molecule has 9 heteroatoms. The van der Waals surface area contributed by atoms with Crippen LogP contribution in [0, 0.1) is 0 Å². The molecule has 1 atom stereocenters. The molecule has 0 spiro atoms. The van der Waals surface area contributed by atoms with E-state index < -0.39 is 23.7 Å². The lowest BCUT2D eigenvalue weighted by Crippen LogP contribution is -2.44. The van der Waals surface area contributed by atoms with E-state index in [1.54, 1.807) is 45.0 Å². The molecule has 156 valence electrons. The zero-order valence-corrected chi connectivity index (χ0v) is 16.8. The second-order valence-corrected chi connectivity index (χ2v) is 7.57. The van der Waals surface area contributed by atoms with Crippen LogP contribution in [0.1, 0.15) is 31.9 Å². The smallest absolute Gasteiger partial charge is 0.408 e. The Morgan fingerprint density at radius 3 is 2.38 bits per heavy atom. The molecule has 0 aliphatic heterocycles. The van der Waals surface area contributed by atoms with Crippen molar-refractivity contribution in [2.45, 2.75) is 45.4 Å². The summed E-state index contributed by atoms with van der Waals surface area (Å²) in [4.78, 5) is 35.8. The van der Waals surface area contributed by atoms with Crippen molar-refractivity contribution in [3.8, 4) is 11.1 Å². The van der Waals surface area contributed by atoms with Crippen molar-refractivity contribution in [2.75, 3.05) is 0 Å². The van der Waals surface area contributed by atoms with E-state index in [2.05, 4.69) is 10.4 Å². The highest BCUT2D eigenvalue weighted by molar-refractivity contribution is 5.80. The van der Waals surface area contributed by atoms with Gasteiger partial charge in [0.1, 0.15) is 11.6 Å². The van der Waals surface area contributed by atoms with Crippen molar-refractivity contribution in [3.05, 3.63) is 51.9 Å². The van der Waals surface area contributed by atoms with Crippen LogP contribution in [0.2, 0.25) is 0 Å². The number of aliphatic hydroxyl groups excluding tert-OH is 1. The number of aryl methyl sites for hydroxylation is 1. The average molecular weight is 403 g/mol. The van der Waals surface area contributed by atoms with Gasteiger partial charge in [0, 0.05) is 19.0 Å². The number of carboxylic acids is 1. The lowest BCUT2D eigenvalue weighted by molar-refractivity contribution is -0.139. The van der Waals surface area contributed by atoms with E-state index in [9.17, 15) is 24.6 Å². The lowest BCUT2D eigenvalue weighted by Gasteiger charge is -2.22. The number of hydrogen-bond acceptors (Lipinski definition) is 6. The fourth-order valence-corrected chi connectivity index (χ4v) is 2.69. The van der Waals surface area contributed by atoms with Crippen molar-refractivity contribution in [1.29, 1.82) is 0 Å². The van der Waals surface area contributed by atoms with Gasteiger partial charge in [-0.15, -0.1) is 0 Å². The summed E-state index contributed by atoms with van der Waals surface area (Å²) in [5.41, 5.74) is 0.866. The third kappa shape index (κ3) is 5.89. The maximum Gasteiger partial charge on any atom is 0.408 e. The molecular weight excluding hydrogens is 378 g/mol. The summed E-state index contributed by atoms with van der Waals surface area (Å²) in [5.74, 6) is -1.19. The third-order valence-corrected chi connectivity index (χ3v) is 4.06. The standard InChI is InChI=1S/C20H25N3O6/c1-20(2,3)29-19(28)22-15(18(26)27)9-12-5-7-13(8-6-12)16-14(11-24)10-21-23(4)17(16)25/h5-8,10,15,24H,9,11H2,1-4H3,(H,22,28)(H,26,27)/t15-/m0/s1. The van der Waals surface area contributed by atoms with E-state index in [0.717, 1.165) is 0 Å². The van der Waals surface area contributed by atoms with E-state index >= 15 is 0 Å². The number of carbonyl (C=O) groups is 2. The van der Waals surface area contributed by atoms with Crippen LogP contribution in [-0.4, -0.2) is 43.7 Å². The van der Waals surface area contributed by atoms with E-state index in [-0.39, 0.29) is 18.6 Å². The molecule has 1 aromatic carbocycles. The summed E-state index contributed by atoms with van der Waals surface area (Å²) in [6, 6.07) is 5.50. The Morgan fingerprint density at radius 1 is 1.24 bits per heavy atom. The van der Waals surface area contributed by atoms with Gasteiger partial charge in [-0.2, -0.15) is 5.10 Å². The molecule has 0 saturated heterocycles. The number of rotatable bonds is 6. The van der Waals surface area contributed by atoms with Crippen molar-refractivity contribution >= 4 is 12.1 Å². The topological polar surface area (TPSA) is 131 Å². The molecule has 9 nitrogen and oxygen atoms in total. The molecule has 2 aromatic rings. The largest absolute Gasteiger partial charge is 0.480 e. The fraction of sp³-hybridized carbons (Fsp3) is 0.400. The van der Waals surface area contributed by atoms with Crippen LogP contribution in [-0.2, 0) is 29.6 Å². The molecule has 0 fully saturated rings. The zero-order valence-electron chi connectivity index (χ0n) is 16.8. The fourth-order valence-electron chi connectivity index (χ4n) is 2.69. The van der Waals surface area contributed by atoms with Crippen LogP contribution in [0.25, 0.3) is 11.1 Å². The van der Waals surface area contributed by atoms with Crippen molar-refractivity contribution in [3.63, 3.8) is 0 Å². The molecule has 1 amide bonds. The first-order valence-electron chi connectivity index (χ1n) is 8.99. The minimum absolute atomic E-state index is 0.0378. The van der Waals surface area contributed by atoms with Crippen molar-refractivity contribution < 1.29 is 24.5 Å². The molecule has 0 unspecified atom stereocenters. The molecule has 0 bridgehead atoms. The Morgan fingerprint density at radius 2 is 1.86 bits per heavy atom. The molecule has 1 heterocycles. The Kier molecular flexibility index (Phi) is 6.76. The highest BCUT2D eigenvalue weighted by Crippen LogP contribution is 2.20. The van der Waals surface area contributed by atoms with Crippen molar-refractivity contribution in [2.24, 2.45) is 7.05 Å². The summed E-state index contributed by atoms with van der Waals surface area (Å²) in [7, 11) is 1.52. The van der Waals surface area contributed by atoms with Gasteiger partial charge in [0.25, 0.3) is 5.56 Å². The number of nitrogens with one attached hydrogen (secondary N) is 1. The van der Waals surface area contributed by atoms with Crippen LogP contribution in [0.5, 0.6) is 0 Å². The molecule has 0 aliphatic rings. The Bertz CT molecular complexity index is 944. The number of hydrogen-bond donors (Lipinski definition) is 3. The van der Waals surface area contributed by atoms with E-state index in [0.29, 0.717) is 22.3 Å². The molecule has 1 aromatic heterocycles. The summed E-state index contributed by atoms with van der Waals surface area (Å²) in [5, 5.41) is 25.1. The summed E-state index contributed by atoms with van der Waals surface area (Å²) in [6.45, 7) is 4.72. The number of aromatic nitrogens is 2. The minimum atomic E-state index is -1.19. The van der Waals surface area contributed by atoms with Crippen LogP contribution in [0.4, 0.5) is 4.79 Å². The number of alkyl carbamates (subject to hydrolysis) is 1. The molecule has 2 rings (SSSR count). The third-order valence-electron chi connectivity index (χ3n) is 4.06. The van der Waals surface area contributed by atoms with Gasteiger partial charge in [0.2, 0.25) is 0 Å². The number of aliphatic carboxylic acids is 1. The van der Waals surface area contributed by atoms with Crippen molar-refractivity contribution in [1.82, 2.24) is 15.1 Å². The molecule has 0 saturated carbocycles. The normalized spacial score (nSPS) is 12.3. The minimum Gasteiger partial charge on any atom is -0.480 e. The Hall–Kier alpha value is -3.20. The van der Waals surface area contributed by atoms with Gasteiger partial charge in [0.15, 0.2) is 0 Å². The molecule has 29 heavy (non-hydrogen) atoms. The van der Waals surface area contributed by atoms with Gasteiger partial charge in [-0.3, -0.25) is 4.79 Å². The highest BCUT2D eigenvalue weighted by Gasteiger charge is 2.24. The van der Waals surface area contributed by atoms with E-state index in [1.165, 1.54) is 17.9 Å². The Balaban J connectivity index is 2.21. The van der Waals surface area contributed by atoms with Crippen LogP contribution < -0.4 is 10.9 Å². The van der Waals surface area contributed by atoms with Crippen LogP contribution in [0.3, 0.4) is 0 Å². The first-order chi connectivity index (χ1) is 13.5. The first kappa shape index (κ1) is 22.1. The Labute approximate surface area is 167 Å². The summed E-state index contributed by atoms with van der Waals surface area (Å²) < 4.78 is 6.28. The quantitative estimate of drug-likeness (QED) is 0.665. The number of aliphatic hydroxyl groups is 1. The monoisotopic (exact) mass is 403 g/mol. The zero-order chi connectivity index (χ0) is 21.8. The predicted molar refractivity (Wildman–Crippen MR) is 105 cm³/mol. The second kappa shape index (κ2) is 8.87. The SMILES string of the molecule is Cn1ncc(CO)c(-c2ccc(C[C@H](NC(=O)OC(C)(C)C)C(=O)O)cc2)c1=O.